The van der Waals surface area contributed by atoms with Crippen LogP contribution in [0.5, 0.6) is 0 Å². The van der Waals surface area contributed by atoms with Crippen molar-refractivity contribution in [3.05, 3.63) is 71.9 Å². The average Bonchev–Trinajstić information content (AvgIpc) is 3.08. The fourth-order valence-electron chi connectivity index (χ4n) is 2.78. The van der Waals surface area contributed by atoms with Gasteiger partial charge in [0.25, 0.3) is 5.91 Å². The maximum Gasteiger partial charge on any atom is 0.255 e. The molecule has 5 N–H and O–H groups in total. The molecule has 0 spiro atoms. The number of amides is 1. The van der Waals surface area contributed by atoms with E-state index in [1.165, 1.54) is 0 Å². The van der Waals surface area contributed by atoms with Crippen LogP contribution in [0.1, 0.15) is 15.9 Å². The zero-order chi connectivity index (χ0) is 17.4. The lowest BCUT2D eigenvalue weighted by Gasteiger charge is -2.07. The molecule has 0 saturated carbocycles. The first-order chi connectivity index (χ1) is 12.1. The van der Waals surface area contributed by atoms with E-state index in [0.29, 0.717) is 16.8 Å². The topological polar surface area (TPSA) is 108 Å². The van der Waals surface area contributed by atoms with Crippen LogP contribution in [0.25, 0.3) is 21.7 Å². The van der Waals surface area contributed by atoms with E-state index in [2.05, 4.69) is 15.5 Å². The number of hydrogen-bond donors (Lipinski definition) is 4. The first kappa shape index (κ1) is 14.9. The average molecular weight is 329 g/mol. The normalized spacial score (nSPS) is 10.9. The number of amidine groups is 1. The summed E-state index contributed by atoms with van der Waals surface area (Å²) >= 11 is 0. The molecule has 0 aliphatic heterocycles. The van der Waals surface area contributed by atoms with Crippen molar-refractivity contribution in [3.8, 4) is 0 Å². The second kappa shape index (κ2) is 5.76. The maximum absolute atomic E-state index is 12.5. The lowest BCUT2D eigenvalue weighted by molar-refractivity contribution is 0.102. The van der Waals surface area contributed by atoms with E-state index in [4.69, 9.17) is 11.1 Å². The fourth-order valence-corrected chi connectivity index (χ4v) is 2.78. The first-order valence-corrected chi connectivity index (χ1v) is 7.73. The standard InChI is InChI=1S/C19H15N5O/c20-18(21)13-3-1-12-8-14(4-2-11(12)7-13)19(25)23-16-5-6-17-15(9-16)10-22-24-17/h1-10H,(H3,20,21)(H,22,24)(H,23,25). The summed E-state index contributed by atoms with van der Waals surface area (Å²) < 4.78 is 0. The summed E-state index contributed by atoms with van der Waals surface area (Å²) in [5.41, 5.74) is 8.38. The fraction of sp³-hybridized carbons (Fsp3) is 0. The van der Waals surface area contributed by atoms with Crippen LogP contribution in [-0.4, -0.2) is 21.9 Å². The Labute approximate surface area is 143 Å². The van der Waals surface area contributed by atoms with Crippen LogP contribution >= 0.6 is 0 Å². The molecule has 6 nitrogen and oxygen atoms in total. The van der Waals surface area contributed by atoms with E-state index >= 15 is 0 Å². The third-order valence-corrected chi connectivity index (χ3v) is 4.11. The number of aromatic nitrogens is 2. The highest BCUT2D eigenvalue weighted by Gasteiger charge is 2.08. The number of anilines is 1. The Morgan fingerprint density at radius 2 is 1.68 bits per heavy atom. The van der Waals surface area contributed by atoms with Crippen LogP contribution in [0.15, 0.2) is 60.8 Å². The van der Waals surface area contributed by atoms with Crippen molar-refractivity contribution in [3.63, 3.8) is 0 Å². The number of fused-ring (bicyclic) bond motifs is 2. The summed E-state index contributed by atoms with van der Waals surface area (Å²) in [7, 11) is 0. The second-order valence-electron chi connectivity index (χ2n) is 5.82. The van der Waals surface area contributed by atoms with E-state index in [0.717, 1.165) is 21.7 Å². The lowest BCUT2D eigenvalue weighted by atomic mass is 10.0. The Balaban J connectivity index is 1.62. The number of carbonyl (C=O) groups is 1. The highest BCUT2D eigenvalue weighted by molar-refractivity contribution is 6.07. The van der Waals surface area contributed by atoms with Crippen molar-refractivity contribution < 1.29 is 4.79 Å². The number of nitrogens with two attached hydrogens (primary N) is 1. The van der Waals surface area contributed by atoms with E-state index in [1.54, 1.807) is 18.3 Å². The van der Waals surface area contributed by atoms with Crippen LogP contribution in [0.4, 0.5) is 5.69 Å². The molecule has 0 saturated heterocycles. The van der Waals surface area contributed by atoms with Crippen LogP contribution in [0.3, 0.4) is 0 Å². The molecule has 3 aromatic carbocycles. The van der Waals surface area contributed by atoms with Crippen molar-refractivity contribution in [2.45, 2.75) is 0 Å². The number of benzene rings is 3. The SMILES string of the molecule is N=C(N)c1ccc2cc(C(=O)Nc3ccc4[nH]ncc4c3)ccc2c1. The van der Waals surface area contributed by atoms with Crippen molar-refractivity contribution in [1.82, 2.24) is 10.2 Å². The van der Waals surface area contributed by atoms with E-state index < -0.39 is 0 Å². The van der Waals surface area contributed by atoms with E-state index in [9.17, 15) is 4.79 Å². The highest BCUT2D eigenvalue weighted by atomic mass is 16.1. The highest BCUT2D eigenvalue weighted by Crippen LogP contribution is 2.20. The summed E-state index contributed by atoms with van der Waals surface area (Å²) in [4.78, 5) is 12.5. The maximum atomic E-state index is 12.5. The predicted octanol–water partition coefficient (Wildman–Crippen LogP) is 3.25. The predicted molar refractivity (Wildman–Crippen MR) is 99.0 cm³/mol. The molecule has 25 heavy (non-hydrogen) atoms. The largest absolute Gasteiger partial charge is 0.384 e. The number of carbonyl (C=O) groups excluding carboxylic acids is 1. The van der Waals surface area contributed by atoms with Crippen molar-refractivity contribution in [2.24, 2.45) is 5.73 Å². The van der Waals surface area contributed by atoms with Gasteiger partial charge < -0.3 is 11.1 Å². The number of hydrogen-bond acceptors (Lipinski definition) is 3. The molecule has 0 unspecified atom stereocenters. The van der Waals surface area contributed by atoms with Gasteiger partial charge in [-0.15, -0.1) is 0 Å². The Kier molecular flexibility index (Phi) is 3.43. The number of nitrogens with zero attached hydrogens (tertiary/aromatic N) is 1. The first-order valence-electron chi connectivity index (χ1n) is 7.73. The lowest BCUT2D eigenvalue weighted by Crippen LogP contribution is -2.12. The minimum absolute atomic E-state index is 0.0263. The summed E-state index contributed by atoms with van der Waals surface area (Å²) in [5, 5.41) is 20.0. The number of nitrogen functional groups attached to an aromatic ring is 1. The van der Waals surface area contributed by atoms with Gasteiger partial charge in [0.1, 0.15) is 5.84 Å². The third kappa shape index (κ3) is 2.81. The van der Waals surface area contributed by atoms with Crippen LogP contribution in [0.2, 0.25) is 0 Å². The van der Waals surface area contributed by atoms with Gasteiger partial charge in [-0.2, -0.15) is 5.10 Å². The molecular formula is C19H15N5O. The molecule has 0 atom stereocenters. The molecule has 0 radical (unpaired) electrons. The molecule has 4 rings (SSSR count). The summed E-state index contributed by atoms with van der Waals surface area (Å²) in [6.45, 7) is 0. The third-order valence-electron chi connectivity index (χ3n) is 4.11. The van der Waals surface area contributed by atoms with Crippen LogP contribution in [-0.2, 0) is 0 Å². The van der Waals surface area contributed by atoms with Gasteiger partial charge in [0.2, 0.25) is 0 Å². The number of nitrogens with one attached hydrogen (secondary N) is 3. The van der Waals surface area contributed by atoms with Gasteiger partial charge in [0, 0.05) is 22.2 Å². The minimum Gasteiger partial charge on any atom is -0.384 e. The zero-order valence-corrected chi connectivity index (χ0v) is 13.2. The summed E-state index contributed by atoms with van der Waals surface area (Å²) in [6.07, 6.45) is 1.72. The molecule has 1 amide bonds. The molecule has 4 aromatic rings. The minimum atomic E-state index is -0.180. The Bertz CT molecular complexity index is 1130. The molecule has 1 heterocycles. The molecule has 0 aliphatic carbocycles. The smallest absolute Gasteiger partial charge is 0.255 e. The van der Waals surface area contributed by atoms with Crippen molar-refractivity contribution in [2.75, 3.05) is 5.32 Å². The van der Waals surface area contributed by atoms with Gasteiger partial charge in [-0.1, -0.05) is 18.2 Å². The monoisotopic (exact) mass is 329 g/mol. The summed E-state index contributed by atoms with van der Waals surface area (Å²) in [5.74, 6) is -0.154. The molecule has 0 aliphatic rings. The van der Waals surface area contributed by atoms with Gasteiger partial charge in [0.15, 0.2) is 0 Å². The van der Waals surface area contributed by atoms with Gasteiger partial charge in [-0.25, -0.2) is 0 Å². The quantitative estimate of drug-likeness (QED) is 0.342. The molecule has 6 heteroatoms. The van der Waals surface area contributed by atoms with Crippen LogP contribution < -0.4 is 11.1 Å². The van der Waals surface area contributed by atoms with Gasteiger partial charge in [0.05, 0.1) is 11.7 Å². The number of rotatable bonds is 3. The van der Waals surface area contributed by atoms with Gasteiger partial charge in [-0.3, -0.25) is 15.3 Å². The number of aromatic amines is 1. The van der Waals surface area contributed by atoms with Crippen molar-refractivity contribution >= 4 is 39.1 Å². The zero-order valence-electron chi connectivity index (χ0n) is 13.2. The van der Waals surface area contributed by atoms with E-state index in [1.807, 2.05) is 42.5 Å². The number of H-pyrrole nitrogens is 1. The Morgan fingerprint density at radius 3 is 2.44 bits per heavy atom. The molecular weight excluding hydrogens is 314 g/mol. The Morgan fingerprint density at radius 1 is 0.960 bits per heavy atom. The molecule has 1 aromatic heterocycles. The van der Waals surface area contributed by atoms with Gasteiger partial charge in [-0.05, 0) is 47.2 Å². The van der Waals surface area contributed by atoms with Gasteiger partial charge >= 0.3 is 0 Å². The summed E-state index contributed by atoms with van der Waals surface area (Å²) in [6, 6.07) is 16.5. The molecule has 122 valence electrons. The van der Waals surface area contributed by atoms with Crippen LogP contribution in [0, 0.1) is 5.41 Å². The Hall–Kier alpha value is -3.67. The van der Waals surface area contributed by atoms with E-state index in [-0.39, 0.29) is 11.7 Å². The second-order valence-corrected chi connectivity index (χ2v) is 5.82. The van der Waals surface area contributed by atoms with Crippen molar-refractivity contribution in [1.29, 1.82) is 5.41 Å². The molecule has 0 bridgehead atoms. The molecule has 0 fully saturated rings.